The van der Waals surface area contributed by atoms with E-state index >= 15 is 0 Å². The second-order valence-electron chi connectivity index (χ2n) is 3.80. The molecule has 0 bridgehead atoms. The smallest absolute Gasteiger partial charge is 0.147 e. The molecule has 2 nitrogen and oxygen atoms in total. The summed E-state index contributed by atoms with van der Waals surface area (Å²) in [5, 5.41) is 0. The van der Waals surface area contributed by atoms with Crippen molar-refractivity contribution in [2.24, 2.45) is 5.73 Å². The first-order valence-electron chi connectivity index (χ1n) is 5.50. The van der Waals surface area contributed by atoms with Gasteiger partial charge in [-0.25, -0.2) is 4.39 Å². The van der Waals surface area contributed by atoms with Gasteiger partial charge in [-0.2, -0.15) is 0 Å². The van der Waals surface area contributed by atoms with Gasteiger partial charge in [-0.05, 0) is 62.4 Å². The standard InChI is InChI=1S/C12H16Br2FNO/c1-2-9(16)5-8-6-10(13)12(11(14)7-8)17-4-3-15/h6-7,9H,2-5,16H2,1H3. The van der Waals surface area contributed by atoms with Crippen molar-refractivity contribution in [2.45, 2.75) is 25.8 Å². The van der Waals surface area contributed by atoms with Crippen LogP contribution in [0.1, 0.15) is 18.9 Å². The maximum atomic E-state index is 12.1. The molecule has 0 aliphatic rings. The zero-order chi connectivity index (χ0) is 12.8. The monoisotopic (exact) mass is 367 g/mol. The zero-order valence-electron chi connectivity index (χ0n) is 9.68. The quantitative estimate of drug-likeness (QED) is 0.827. The molecule has 0 spiro atoms. The molecule has 2 N–H and O–H groups in total. The number of alkyl halides is 1. The molecule has 0 saturated heterocycles. The highest BCUT2D eigenvalue weighted by molar-refractivity contribution is 9.11. The van der Waals surface area contributed by atoms with Crippen LogP contribution < -0.4 is 10.5 Å². The summed E-state index contributed by atoms with van der Waals surface area (Å²) < 4.78 is 19.0. The lowest BCUT2D eigenvalue weighted by Gasteiger charge is -2.13. The fraction of sp³-hybridized carbons (Fsp3) is 0.500. The molecule has 0 radical (unpaired) electrons. The molecule has 0 amide bonds. The first-order valence-corrected chi connectivity index (χ1v) is 7.09. The molecule has 1 atom stereocenters. The minimum atomic E-state index is -0.499. The molecule has 0 saturated carbocycles. The summed E-state index contributed by atoms with van der Waals surface area (Å²) in [6, 6.07) is 4.09. The van der Waals surface area contributed by atoms with Crippen molar-refractivity contribution in [3.63, 3.8) is 0 Å². The van der Waals surface area contributed by atoms with E-state index in [0.717, 1.165) is 27.4 Å². The number of benzene rings is 1. The Labute approximate surface area is 118 Å². The van der Waals surface area contributed by atoms with Crippen LogP contribution in [-0.4, -0.2) is 19.3 Å². The summed E-state index contributed by atoms with van der Waals surface area (Å²) in [5.74, 6) is 0.636. The van der Waals surface area contributed by atoms with Gasteiger partial charge >= 0.3 is 0 Å². The van der Waals surface area contributed by atoms with E-state index in [9.17, 15) is 4.39 Å². The molecule has 0 aliphatic heterocycles. The molecule has 1 aromatic carbocycles. The van der Waals surface area contributed by atoms with Crippen molar-refractivity contribution >= 4 is 31.9 Å². The van der Waals surface area contributed by atoms with E-state index in [-0.39, 0.29) is 12.6 Å². The average Bonchev–Trinajstić information content (AvgIpc) is 2.28. The van der Waals surface area contributed by atoms with Crippen molar-refractivity contribution in [2.75, 3.05) is 13.3 Å². The van der Waals surface area contributed by atoms with Gasteiger partial charge in [0.2, 0.25) is 0 Å². The van der Waals surface area contributed by atoms with Crippen molar-refractivity contribution in [3.8, 4) is 5.75 Å². The molecule has 0 aromatic heterocycles. The first kappa shape index (κ1) is 14.9. The van der Waals surface area contributed by atoms with Gasteiger partial charge in [0.15, 0.2) is 0 Å². The molecule has 0 aliphatic carbocycles. The lowest BCUT2D eigenvalue weighted by Crippen LogP contribution is -2.21. The molecule has 1 rings (SSSR count). The van der Waals surface area contributed by atoms with Gasteiger partial charge in [-0.15, -0.1) is 0 Å². The zero-order valence-corrected chi connectivity index (χ0v) is 12.9. The van der Waals surface area contributed by atoms with Gasteiger partial charge in [0.05, 0.1) is 8.95 Å². The Morgan fingerprint density at radius 2 is 1.94 bits per heavy atom. The van der Waals surface area contributed by atoms with Crippen molar-refractivity contribution < 1.29 is 9.13 Å². The summed E-state index contributed by atoms with van der Waals surface area (Å²) in [4.78, 5) is 0. The molecular formula is C12H16Br2FNO. The van der Waals surface area contributed by atoms with E-state index in [1.807, 2.05) is 12.1 Å². The highest BCUT2D eigenvalue weighted by Gasteiger charge is 2.10. The van der Waals surface area contributed by atoms with Crippen molar-refractivity contribution in [1.29, 1.82) is 0 Å². The molecule has 1 unspecified atom stereocenters. The molecule has 17 heavy (non-hydrogen) atoms. The van der Waals surface area contributed by atoms with Crippen LogP contribution in [0, 0.1) is 0 Å². The van der Waals surface area contributed by atoms with Crippen LogP contribution in [0.15, 0.2) is 21.1 Å². The second-order valence-corrected chi connectivity index (χ2v) is 5.51. The van der Waals surface area contributed by atoms with Gasteiger partial charge in [0.1, 0.15) is 19.0 Å². The Bertz CT molecular complexity index is 351. The number of hydrogen-bond acceptors (Lipinski definition) is 2. The highest BCUT2D eigenvalue weighted by Crippen LogP contribution is 2.35. The predicted molar refractivity (Wildman–Crippen MR) is 75.3 cm³/mol. The second kappa shape index (κ2) is 7.34. The molecule has 0 heterocycles. The van der Waals surface area contributed by atoms with Gasteiger partial charge in [0.25, 0.3) is 0 Å². The maximum Gasteiger partial charge on any atom is 0.147 e. The Kier molecular flexibility index (Phi) is 6.44. The number of hydrogen-bond donors (Lipinski definition) is 1. The van der Waals surface area contributed by atoms with E-state index in [2.05, 4.69) is 38.8 Å². The third-order valence-corrected chi connectivity index (χ3v) is 3.58. The van der Waals surface area contributed by atoms with E-state index in [4.69, 9.17) is 10.5 Å². The number of nitrogens with two attached hydrogens (primary N) is 1. The minimum absolute atomic E-state index is 0.0605. The molecular weight excluding hydrogens is 353 g/mol. The summed E-state index contributed by atoms with van der Waals surface area (Å²) in [6.45, 7) is 1.62. The molecule has 5 heteroatoms. The normalized spacial score (nSPS) is 12.5. The minimum Gasteiger partial charge on any atom is -0.488 e. The van der Waals surface area contributed by atoms with Gasteiger partial charge in [-0.1, -0.05) is 6.92 Å². The first-order chi connectivity index (χ1) is 8.08. The van der Waals surface area contributed by atoms with Gasteiger partial charge in [-0.3, -0.25) is 0 Å². The summed E-state index contributed by atoms with van der Waals surface area (Å²) in [6.07, 6.45) is 1.76. The Morgan fingerprint density at radius 3 is 2.41 bits per heavy atom. The van der Waals surface area contributed by atoms with Crippen molar-refractivity contribution in [1.82, 2.24) is 0 Å². The van der Waals surface area contributed by atoms with Gasteiger partial charge < -0.3 is 10.5 Å². The lowest BCUT2D eigenvalue weighted by atomic mass is 10.0. The molecule has 0 fully saturated rings. The fourth-order valence-electron chi connectivity index (χ4n) is 1.46. The third kappa shape index (κ3) is 4.56. The van der Waals surface area contributed by atoms with E-state index in [0.29, 0.717) is 5.75 Å². The van der Waals surface area contributed by atoms with Crippen LogP contribution in [0.5, 0.6) is 5.75 Å². The Balaban J connectivity index is 2.85. The Hall–Kier alpha value is -0.130. The Morgan fingerprint density at radius 1 is 1.35 bits per heavy atom. The SMILES string of the molecule is CCC(N)Cc1cc(Br)c(OCCF)c(Br)c1. The van der Waals surface area contributed by atoms with E-state index in [1.165, 1.54) is 0 Å². The molecule has 96 valence electrons. The van der Waals surface area contributed by atoms with Crippen LogP contribution >= 0.6 is 31.9 Å². The topological polar surface area (TPSA) is 35.2 Å². The van der Waals surface area contributed by atoms with Crippen LogP contribution in [-0.2, 0) is 6.42 Å². The largest absolute Gasteiger partial charge is 0.488 e. The summed E-state index contributed by atoms with van der Waals surface area (Å²) in [5.41, 5.74) is 7.04. The van der Waals surface area contributed by atoms with Crippen LogP contribution in [0.2, 0.25) is 0 Å². The molecule has 1 aromatic rings. The fourth-order valence-corrected chi connectivity index (χ4v) is 2.97. The van der Waals surface area contributed by atoms with E-state index in [1.54, 1.807) is 0 Å². The summed E-state index contributed by atoms with van der Waals surface area (Å²) in [7, 11) is 0. The van der Waals surface area contributed by atoms with Gasteiger partial charge in [0, 0.05) is 6.04 Å². The average molecular weight is 369 g/mol. The summed E-state index contributed by atoms with van der Waals surface area (Å²) >= 11 is 6.84. The lowest BCUT2D eigenvalue weighted by molar-refractivity contribution is 0.270. The van der Waals surface area contributed by atoms with Crippen molar-refractivity contribution in [3.05, 3.63) is 26.6 Å². The third-order valence-electron chi connectivity index (χ3n) is 2.40. The number of halogens is 3. The highest BCUT2D eigenvalue weighted by atomic mass is 79.9. The maximum absolute atomic E-state index is 12.1. The number of rotatable bonds is 6. The van der Waals surface area contributed by atoms with Crippen LogP contribution in [0.25, 0.3) is 0 Å². The van der Waals surface area contributed by atoms with E-state index < -0.39 is 6.67 Å². The van der Waals surface area contributed by atoms with Crippen LogP contribution in [0.3, 0.4) is 0 Å². The van der Waals surface area contributed by atoms with Crippen LogP contribution in [0.4, 0.5) is 4.39 Å². The number of ether oxygens (including phenoxy) is 1. The predicted octanol–water partition coefficient (Wildman–Crippen LogP) is 3.84.